The van der Waals surface area contributed by atoms with E-state index in [0.717, 1.165) is 5.56 Å². The number of pyridine rings is 1. The van der Waals surface area contributed by atoms with Crippen molar-refractivity contribution in [3.05, 3.63) is 57.2 Å². The van der Waals surface area contributed by atoms with Crippen molar-refractivity contribution in [3.8, 4) is 0 Å². The molecule has 2 N–H and O–H groups in total. The average molecular weight is 325 g/mol. The maximum atomic E-state index is 11.3. The standard InChI is InChI=1S/C15H14Cl2N2O2/c1-8-5-6-18-14(13(8)15(20)21)19-9(2)11-4-3-10(16)7-12(11)17/h3-7,9H,1-2H3,(H,18,19)(H,20,21). The van der Waals surface area contributed by atoms with E-state index in [2.05, 4.69) is 10.3 Å². The number of anilines is 1. The third-order valence-corrected chi connectivity index (χ3v) is 3.72. The quantitative estimate of drug-likeness (QED) is 0.864. The summed E-state index contributed by atoms with van der Waals surface area (Å²) in [4.78, 5) is 15.5. The molecule has 2 rings (SSSR count). The van der Waals surface area contributed by atoms with Crippen LogP contribution in [0.1, 0.15) is 34.5 Å². The minimum atomic E-state index is -1.02. The highest BCUT2D eigenvalue weighted by molar-refractivity contribution is 6.35. The van der Waals surface area contributed by atoms with Gasteiger partial charge in [-0.2, -0.15) is 0 Å². The van der Waals surface area contributed by atoms with Crippen molar-refractivity contribution >= 4 is 35.0 Å². The zero-order valence-corrected chi connectivity index (χ0v) is 13.0. The van der Waals surface area contributed by atoms with E-state index in [4.69, 9.17) is 23.2 Å². The van der Waals surface area contributed by atoms with Gasteiger partial charge in [-0.15, -0.1) is 0 Å². The van der Waals surface area contributed by atoms with E-state index >= 15 is 0 Å². The Hall–Kier alpha value is -1.78. The van der Waals surface area contributed by atoms with Gasteiger partial charge in [0.2, 0.25) is 0 Å². The Balaban J connectivity index is 2.34. The van der Waals surface area contributed by atoms with Gasteiger partial charge in [-0.05, 0) is 43.2 Å². The predicted octanol–water partition coefficient (Wildman–Crippen LogP) is 4.57. The van der Waals surface area contributed by atoms with E-state index < -0.39 is 5.97 Å². The van der Waals surface area contributed by atoms with Crippen molar-refractivity contribution in [2.24, 2.45) is 0 Å². The van der Waals surface area contributed by atoms with Crippen LogP contribution >= 0.6 is 23.2 Å². The number of carbonyl (C=O) groups is 1. The monoisotopic (exact) mass is 324 g/mol. The van der Waals surface area contributed by atoms with Crippen LogP contribution in [0.15, 0.2) is 30.5 Å². The number of benzene rings is 1. The van der Waals surface area contributed by atoms with E-state index in [1.54, 1.807) is 37.4 Å². The molecule has 110 valence electrons. The summed E-state index contributed by atoms with van der Waals surface area (Å²) in [5, 5.41) is 13.5. The van der Waals surface area contributed by atoms with Crippen LogP contribution in [0, 0.1) is 6.92 Å². The van der Waals surface area contributed by atoms with Crippen LogP contribution in [0.3, 0.4) is 0 Å². The third-order valence-electron chi connectivity index (χ3n) is 3.16. The lowest BCUT2D eigenvalue weighted by molar-refractivity contribution is 0.0697. The molecule has 0 amide bonds. The fraction of sp³-hybridized carbons (Fsp3) is 0.200. The Kier molecular flexibility index (Phi) is 4.70. The van der Waals surface area contributed by atoms with Crippen molar-refractivity contribution in [3.63, 3.8) is 0 Å². The van der Waals surface area contributed by atoms with Gasteiger partial charge in [0.05, 0.1) is 6.04 Å². The Morgan fingerprint density at radius 1 is 1.33 bits per heavy atom. The van der Waals surface area contributed by atoms with Gasteiger partial charge in [-0.25, -0.2) is 9.78 Å². The molecule has 1 aromatic heterocycles. The number of aromatic carboxylic acids is 1. The number of hydrogen-bond donors (Lipinski definition) is 2. The molecule has 0 saturated carbocycles. The number of nitrogens with one attached hydrogen (secondary N) is 1. The van der Waals surface area contributed by atoms with Crippen LogP contribution in [0.25, 0.3) is 0 Å². The molecule has 0 aliphatic carbocycles. The summed E-state index contributed by atoms with van der Waals surface area (Å²) in [7, 11) is 0. The van der Waals surface area contributed by atoms with Crippen molar-refractivity contribution in [2.45, 2.75) is 19.9 Å². The van der Waals surface area contributed by atoms with E-state index in [-0.39, 0.29) is 11.6 Å². The normalized spacial score (nSPS) is 12.0. The fourth-order valence-electron chi connectivity index (χ4n) is 2.07. The lowest BCUT2D eigenvalue weighted by atomic mass is 10.1. The molecule has 0 aliphatic rings. The van der Waals surface area contributed by atoms with E-state index in [1.165, 1.54) is 0 Å². The highest BCUT2D eigenvalue weighted by Crippen LogP contribution is 2.29. The first-order chi connectivity index (χ1) is 9.90. The number of carboxylic acids is 1. The number of nitrogens with zero attached hydrogens (tertiary/aromatic N) is 1. The number of rotatable bonds is 4. The van der Waals surface area contributed by atoms with Gasteiger partial charge in [0.15, 0.2) is 0 Å². The first-order valence-corrected chi connectivity index (χ1v) is 7.06. The zero-order chi connectivity index (χ0) is 15.6. The lowest BCUT2D eigenvalue weighted by Crippen LogP contribution is -2.13. The molecule has 6 heteroatoms. The minimum absolute atomic E-state index is 0.162. The molecule has 1 aromatic carbocycles. The first-order valence-electron chi connectivity index (χ1n) is 6.30. The molecule has 0 radical (unpaired) electrons. The molecular formula is C15H14Cl2N2O2. The van der Waals surface area contributed by atoms with Gasteiger partial charge in [0, 0.05) is 16.2 Å². The summed E-state index contributed by atoms with van der Waals surface area (Å²) in [5.41, 5.74) is 1.63. The van der Waals surface area contributed by atoms with Crippen LogP contribution in [0.2, 0.25) is 10.0 Å². The molecule has 0 aliphatic heterocycles. The summed E-state index contributed by atoms with van der Waals surface area (Å²) in [6, 6.07) is 6.65. The summed E-state index contributed by atoms with van der Waals surface area (Å²) in [6.07, 6.45) is 1.57. The van der Waals surface area contributed by atoms with E-state index in [1.807, 2.05) is 6.92 Å². The molecule has 0 fully saturated rings. The van der Waals surface area contributed by atoms with Gasteiger partial charge >= 0.3 is 5.97 Å². The summed E-state index contributed by atoms with van der Waals surface area (Å²) < 4.78 is 0. The van der Waals surface area contributed by atoms with Crippen LogP contribution in [-0.2, 0) is 0 Å². The second-order valence-electron chi connectivity index (χ2n) is 4.69. The Morgan fingerprint density at radius 3 is 2.67 bits per heavy atom. The molecule has 21 heavy (non-hydrogen) atoms. The van der Waals surface area contributed by atoms with Gasteiger partial charge in [0.25, 0.3) is 0 Å². The highest BCUT2D eigenvalue weighted by atomic mass is 35.5. The van der Waals surface area contributed by atoms with Crippen LogP contribution in [0.5, 0.6) is 0 Å². The second kappa shape index (κ2) is 6.33. The largest absolute Gasteiger partial charge is 0.478 e. The maximum Gasteiger partial charge on any atom is 0.339 e. The smallest absolute Gasteiger partial charge is 0.339 e. The molecule has 1 unspecified atom stereocenters. The van der Waals surface area contributed by atoms with Gasteiger partial charge in [0.1, 0.15) is 11.4 Å². The van der Waals surface area contributed by atoms with Crippen LogP contribution < -0.4 is 5.32 Å². The second-order valence-corrected chi connectivity index (χ2v) is 5.53. The summed E-state index contributed by atoms with van der Waals surface area (Å²) in [5.74, 6) is -0.696. The fourth-order valence-corrected chi connectivity index (χ4v) is 2.65. The molecule has 0 saturated heterocycles. The molecular weight excluding hydrogens is 311 g/mol. The molecule has 0 bridgehead atoms. The number of aromatic nitrogens is 1. The predicted molar refractivity (Wildman–Crippen MR) is 84.4 cm³/mol. The van der Waals surface area contributed by atoms with Gasteiger partial charge < -0.3 is 10.4 Å². The Bertz CT molecular complexity index is 689. The molecule has 0 spiro atoms. The Labute approximate surface area is 132 Å². The minimum Gasteiger partial charge on any atom is -0.478 e. The van der Waals surface area contributed by atoms with E-state index in [0.29, 0.717) is 21.4 Å². The van der Waals surface area contributed by atoms with Crippen molar-refractivity contribution in [1.29, 1.82) is 0 Å². The summed E-state index contributed by atoms with van der Waals surface area (Å²) >= 11 is 12.0. The highest BCUT2D eigenvalue weighted by Gasteiger charge is 2.17. The SMILES string of the molecule is Cc1ccnc(NC(C)c2ccc(Cl)cc2Cl)c1C(=O)O. The molecule has 2 aromatic rings. The third kappa shape index (κ3) is 3.46. The van der Waals surface area contributed by atoms with Crippen molar-refractivity contribution < 1.29 is 9.90 Å². The maximum absolute atomic E-state index is 11.3. The van der Waals surface area contributed by atoms with Crippen molar-refractivity contribution in [1.82, 2.24) is 4.98 Å². The zero-order valence-electron chi connectivity index (χ0n) is 11.5. The molecule has 1 atom stereocenters. The van der Waals surface area contributed by atoms with Gasteiger partial charge in [-0.3, -0.25) is 0 Å². The number of carboxylic acid groups (broad SMARTS) is 1. The first kappa shape index (κ1) is 15.6. The number of halogens is 2. The molecule has 1 heterocycles. The van der Waals surface area contributed by atoms with Crippen molar-refractivity contribution in [2.75, 3.05) is 5.32 Å². The van der Waals surface area contributed by atoms with E-state index in [9.17, 15) is 9.90 Å². The average Bonchev–Trinajstić information content (AvgIpc) is 2.37. The summed E-state index contributed by atoms with van der Waals surface area (Å²) in [6.45, 7) is 3.61. The topological polar surface area (TPSA) is 62.2 Å². The van der Waals surface area contributed by atoms with Gasteiger partial charge in [-0.1, -0.05) is 29.3 Å². The number of aryl methyl sites for hydroxylation is 1. The molecule has 4 nitrogen and oxygen atoms in total. The van der Waals surface area contributed by atoms with Crippen LogP contribution in [0.4, 0.5) is 5.82 Å². The number of hydrogen-bond acceptors (Lipinski definition) is 3. The van der Waals surface area contributed by atoms with Crippen LogP contribution in [-0.4, -0.2) is 16.1 Å². The Morgan fingerprint density at radius 2 is 2.05 bits per heavy atom. The lowest BCUT2D eigenvalue weighted by Gasteiger charge is -2.18.